The first-order valence-electron chi connectivity index (χ1n) is 6.74. The number of halogens is 2. The lowest BCUT2D eigenvalue weighted by molar-refractivity contribution is -0.121. The van der Waals surface area contributed by atoms with Crippen molar-refractivity contribution in [3.63, 3.8) is 0 Å². The normalized spacial score (nSPS) is 10.4. The number of benzene rings is 1. The molecule has 2 rings (SSSR count). The predicted molar refractivity (Wildman–Crippen MR) is 83.4 cm³/mol. The van der Waals surface area contributed by atoms with Gasteiger partial charge in [0.15, 0.2) is 0 Å². The number of rotatable bonds is 6. The molecular formula is C16H16BrFN2O. The Labute approximate surface area is 131 Å². The Balaban J connectivity index is 1.70. The maximum Gasteiger partial charge on any atom is 0.220 e. The van der Waals surface area contributed by atoms with Crippen LogP contribution in [0, 0.1) is 5.82 Å². The highest BCUT2D eigenvalue weighted by Crippen LogP contribution is 2.16. The summed E-state index contributed by atoms with van der Waals surface area (Å²) in [6, 6.07) is 8.69. The van der Waals surface area contributed by atoms with Crippen LogP contribution < -0.4 is 5.32 Å². The number of amides is 1. The van der Waals surface area contributed by atoms with Gasteiger partial charge >= 0.3 is 0 Å². The van der Waals surface area contributed by atoms with Crippen LogP contribution in [0.1, 0.15) is 17.5 Å². The zero-order valence-corrected chi connectivity index (χ0v) is 13.1. The van der Waals surface area contributed by atoms with Gasteiger partial charge in [-0.3, -0.25) is 9.78 Å². The number of carbonyl (C=O) groups excluding carboxylic acids is 1. The summed E-state index contributed by atoms with van der Waals surface area (Å²) < 4.78 is 13.5. The van der Waals surface area contributed by atoms with Crippen molar-refractivity contribution < 1.29 is 9.18 Å². The summed E-state index contributed by atoms with van der Waals surface area (Å²) in [4.78, 5) is 15.7. The number of nitrogens with one attached hydrogen (secondary N) is 1. The molecule has 0 saturated carbocycles. The van der Waals surface area contributed by atoms with E-state index in [2.05, 4.69) is 26.2 Å². The van der Waals surface area contributed by atoms with Gasteiger partial charge in [-0.05, 0) is 58.1 Å². The molecule has 21 heavy (non-hydrogen) atoms. The van der Waals surface area contributed by atoms with Crippen molar-refractivity contribution in [1.29, 1.82) is 0 Å². The highest BCUT2D eigenvalue weighted by atomic mass is 79.9. The van der Waals surface area contributed by atoms with E-state index in [1.807, 2.05) is 12.1 Å². The van der Waals surface area contributed by atoms with Gasteiger partial charge in [0.25, 0.3) is 0 Å². The van der Waals surface area contributed by atoms with Crippen molar-refractivity contribution in [2.24, 2.45) is 0 Å². The fourth-order valence-electron chi connectivity index (χ4n) is 1.93. The highest BCUT2D eigenvalue weighted by Gasteiger charge is 2.04. The van der Waals surface area contributed by atoms with E-state index >= 15 is 0 Å². The van der Waals surface area contributed by atoms with Crippen LogP contribution in [0.25, 0.3) is 0 Å². The molecule has 1 aromatic carbocycles. The topological polar surface area (TPSA) is 42.0 Å². The number of hydrogen-bond donors (Lipinski definition) is 1. The second-order valence-electron chi connectivity index (χ2n) is 4.71. The van der Waals surface area contributed by atoms with Crippen LogP contribution in [0.15, 0.2) is 47.2 Å². The van der Waals surface area contributed by atoms with E-state index in [-0.39, 0.29) is 11.7 Å². The van der Waals surface area contributed by atoms with Gasteiger partial charge in [-0.25, -0.2) is 4.39 Å². The molecule has 0 radical (unpaired) electrons. The van der Waals surface area contributed by atoms with Crippen molar-refractivity contribution in [1.82, 2.24) is 10.3 Å². The fraction of sp³-hybridized carbons (Fsp3) is 0.250. The summed E-state index contributed by atoms with van der Waals surface area (Å²) in [5.74, 6) is -0.265. The Kier molecular flexibility index (Phi) is 5.87. The van der Waals surface area contributed by atoms with E-state index in [4.69, 9.17) is 0 Å². The molecule has 0 saturated heterocycles. The molecule has 110 valence electrons. The summed E-state index contributed by atoms with van der Waals surface area (Å²) in [6.45, 7) is 0.546. The predicted octanol–water partition coefficient (Wildman–Crippen LogP) is 3.27. The van der Waals surface area contributed by atoms with E-state index in [1.54, 1.807) is 24.5 Å². The molecule has 0 aliphatic carbocycles. The third-order valence-corrected chi connectivity index (χ3v) is 3.69. The summed E-state index contributed by atoms with van der Waals surface area (Å²) in [5.41, 5.74) is 2.03. The maximum atomic E-state index is 13.1. The lowest BCUT2D eigenvalue weighted by Gasteiger charge is -2.06. The average molecular weight is 351 g/mol. The number of pyridine rings is 1. The summed E-state index contributed by atoms with van der Waals surface area (Å²) in [7, 11) is 0. The number of aryl methyl sites for hydroxylation is 1. The first-order valence-corrected chi connectivity index (χ1v) is 7.54. The molecule has 0 aliphatic rings. The highest BCUT2D eigenvalue weighted by molar-refractivity contribution is 9.10. The molecule has 1 amide bonds. The van der Waals surface area contributed by atoms with Gasteiger partial charge < -0.3 is 5.32 Å². The number of carbonyl (C=O) groups is 1. The molecule has 0 fully saturated rings. The van der Waals surface area contributed by atoms with Gasteiger partial charge in [0.2, 0.25) is 5.91 Å². The number of nitrogens with zero attached hydrogens (tertiary/aromatic N) is 1. The molecule has 3 nitrogen and oxygen atoms in total. The van der Waals surface area contributed by atoms with Crippen molar-refractivity contribution in [3.8, 4) is 0 Å². The van der Waals surface area contributed by atoms with Gasteiger partial charge in [-0.1, -0.05) is 12.1 Å². The number of aromatic nitrogens is 1. The summed E-state index contributed by atoms with van der Waals surface area (Å²) in [5, 5.41) is 2.87. The van der Waals surface area contributed by atoms with Crippen LogP contribution in [-0.4, -0.2) is 17.4 Å². The second kappa shape index (κ2) is 7.88. The minimum Gasteiger partial charge on any atom is -0.356 e. The van der Waals surface area contributed by atoms with Crippen LogP contribution in [0.4, 0.5) is 4.39 Å². The molecule has 2 aromatic rings. The zero-order chi connectivity index (χ0) is 15.1. The SMILES string of the molecule is O=C(CCc1cccnc1)NCCc1ccc(F)c(Br)c1. The third-order valence-electron chi connectivity index (χ3n) is 3.08. The maximum absolute atomic E-state index is 13.1. The van der Waals surface area contributed by atoms with Crippen LogP contribution in [0.3, 0.4) is 0 Å². The molecule has 1 heterocycles. The van der Waals surface area contributed by atoms with E-state index in [1.165, 1.54) is 6.07 Å². The van der Waals surface area contributed by atoms with E-state index in [0.29, 0.717) is 30.3 Å². The summed E-state index contributed by atoms with van der Waals surface area (Å²) in [6.07, 6.45) is 5.28. The molecule has 0 bridgehead atoms. The zero-order valence-electron chi connectivity index (χ0n) is 11.5. The van der Waals surface area contributed by atoms with Crippen LogP contribution in [0.5, 0.6) is 0 Å². The Morgan fingerprint density at radius 1 is 1.24 bits per heavy atom. The first-order chi connectivity index (χ1) is 10.1. The molecule has 1 N–H and O–H groups in total. The molecular weight excluding hydrogens is 335 g/mol. The third kappa shape index (κ3) is 5.27. The van der Waals surface area contributed by atoms with Crippen LogP contribution in [0.2, 0.25) is 0 Å². The van der Waals surface area contributed by atoms with Gasteiger partial charge in [0, 0.05) is 25.4 Å². The molecule has 0 spiro atoms. The molecule has 1 aromatic heterocycles. The largest absolute Gasteiger partial charge is 0.356 e. The minimum atomic E-state index is -0.278. The van der Waals surface area contributed by atoms with Gasteiger partial charge in [0.05, 0.1) is 4.47 Å². The lowest BCUT2D eigenvalue weighted by atomic mass is 10.1. The minimum absolute atomic E-state index is 0.0139. The Morgan fingerprint density at radius 3 is 2.81 bits per heavy atom. The molecule has 5 heteroatoms. The second-order valence-corrected chi connectivity index (χ2v) is 5.56. The van der Waals surface area contributed by atoms with Crippen molar-refractivity contribution in [2.75, 3.05) is 6.54 Å². The standard InChI is InChI=1S/C16H16BrFN2O/c17-14-10-12(3-5-15(14)18)7-9-20-16(21)6-4-13-2-1-8-19-11-13/h1-3,5,8,10-11H,4,6-7,9H2,(H,20,21). The van der Waals surface area contributed by atoms with Gasteiger partial charge in [0.1, 0.15) is 5.82 Å². The Morgan fingerprint density at radius 2 is 2.10 bits per heavy atom. The average Bonchev–Trinajstić information content (AvgIpc) is 2.50. The van der Waals surface area contributed by atoms with Crippen molar-refractivity contribution >= 4 is 21.8 Å². The fourth-order valence-corrected chi connectivity index (χ4v) is 2.36. The molecule has 0 aliphatic heterocycles. The van der Waals surface area contributed by atoms with E-state index in [0.717, 1.165) is 11.1 Å². The lowest BCUT2D eigenvalue weighted by Crippen LogP contribution is -2.25. The van der Waals surface area contributed by atoms with Gasteiger partial charge in [-0.2, -0.15) is 0 Å². The van der Waals surface area contributed by atoms with Crippen molar-refractivity contribution in [3.05, 3.63) is 64.1 Å². The smallest absolute Gasteiger partial charge is 0.220 e. The summed E-state index contributed by atoms with van der Waals surface area (Å²) >= 11 is 3.15. The van der Waals surface area contributed by atoms with E-state index in [9.17, 15) is 9.18 Å². The van der Waals surface area contributed by atoms with Crippen LogP contribution in [-0.2, 0) is 17.6 Å². The Hall–Kier alpha value is -1.75. The monoisotopic (exact) mass is 350 g/mol. The van der Waals surface area contributed by atoms with E-state index < -0.39 is 0 Å². The van der Waals surface area contributed by atoms with Gasteiger partial charge in [-0.15, -0.1) is 0 Å². The molecule has 0 unspecified atom stereocenters. The van der Waals surface area contributed by atoms with Crippen molar-refractivity contribution in [2.45, 2.75) is 19.3 Å². The Bertz CT molecular complexity index is 604. The first kappa shape index (κ1) is 15.6. The number of hydrogen-bond acceptors (Lipinski definition) is 2. The van der Waals surface area contributed by atoms with Crippen LogP contribution >= 0.6 is 15.9 Å². The quantitative estimate of drug-likeness (QED) is 0.868. The molecule has 0 atom stereocenters.